The number of nitrogens with zero attached hydrogens (tertiary/aromatic N) is 1. The summed E-state index contributed by atoms with van der Waals surface area (Å²) in [5.74, 6) is -0.0758. The van der Waals surface area contributed by atoms with Crippen LogP contribution in [0.4, 0.5) is 5.82 Å². The normalized spacial score (nSPS) is 13.9. The third kappa shape index (κ3) is 3.39. The van der Waals surface area contributed by atoms with E-state index in [0.29, 0.717) is 0 Å². The third-order valence-corrected chi connectivity index (χ3v) is 3.93. The van der Waals surface area contributed by atoms with Gasteiger partial charge in [0.1, 0.15) is 10.7 Å². The van der Waals surface area contributed by atoms with Crippen molar-refractivity contribution in [1.29, 1.82) is 0 Å². The largest absolute Gasteiger partial charge is 0.395 e. The van der Waals surface area contributed by atoms with E-state index in [4.69, 9.17) is 10.8 Å². The Balaban J connectivity index is 3.01. The van der Waals surface area contributed by atoms with Gasteiger partial charge in [0.05, 0.1) is 6.61 Å². The first-order valence-corrected chi connectivity index (χ1v) is 6.70. The van der Waals surface area contributed by atoms with Crippen molar-refractivity contribution in [3.8, 4) is 0 Å². The number of sulfonamides is 1. The van der Waals surface area contributed by atoms with Gasteiger partial charge in [-0.2, -0.15) is 0 Å². The predicted molar refractivity (Wildman–Crippen MR) is 64.7 cm³/mol. The zero-order valence-electron chi connectivity index (χ0n) is 9.79. The quantitative estimate of drug-likeness (QED) is 0.688. The lowest BCUT2D eigenvalue weighted by molar-refractivity contribution is 0.227. The van der Waals surface area contributed by atoms with E-state index in [1.54, 1.807) is 0 Å². The summed E-state index contributed by atoms with van der Waals surface area (Å²) in [5, 5.41) is 9.10. The smallest absolute Gasteiger partial charge is 0.244 e. The highest BCUT2D eigenvalue weighted by Crippen LogP contribution is 2.15. The van der Waals surface area contributed by atoms with Crippen molar-refractivity contribution in [3.63, 3.8) is 0 Å². The van der Waals surface area contributed by atoms with Crippen LogP contribution >= 0.6 is 0 Å². The Hall–Kier alpha value is -1.18. The Bertz CT molecular complexity index is 473. The molecule has 1 heterocycles. The van der Waals surface area contributed by atoms with Crippen LogP contribution in [-0.2, 0) is 10.0 Å². The van der Waals surface area contributed by atoms with Gasteiger partial charge in [-0.05, 0) is 18.1 Å². The molecule has 0 aliphatic rings. The molecule has 0 amide bonds. The number of nitrogens with two attached hydrogens (primary N) is 1. The van der Waals surface area contributed by atoms with Crippen LogP contribution < -0.4 is 10.5 Å². The molecule has 0 spiro atoms. The number of aliphatic hydroxyl groups is 1. The van der Waals surface area contributed by atoms with Gasteiger partial charge in [0.25, 0.3) is 0 Å². The van der Waals surface area contributed by atoms with E-state index in [2.05, 4.69) is 9.71 Å². The maximum absolute atomic E-state index is 12.0. The maximum atomic E-state index is 12.0. The highest BCUT2D eigenvalue weighted by molar-refractivity contribution is 7.89. The molecule has 0 saturated heterocycles. The molecule has 1 rings (SSSR count). The van der Waals surface area contributed by atoms with Gasteiger partial charge < -0.3 is 10.8 Å². The lowest BCUT2D eigenvalue weighted by atomic mass is 10.1. The first-order valence-electron chi connectivity index (χ1n) is 5.22. The minimum absolute atomic E-state index is 0.0207. The van der Waals surface area contributed by atoms with Gasteiger partial charge in [0.15, 0.2) is 0 Å². The molecule has 7 heteroatoms. The number of aliphatic hydroxyl groups excluding tert-OH is 1. The summed E-state index contributed by atoms with van der Waals surface area (Å²) >= 11 is 0. The van der Waals surface area contributed by atoms with Crippen molar-refractivity contribution in [2.75, 3.05) is 12.3 Å². The van der Waals surface area contributed by atoms with Crippen molar-refractivity contribution < 1.29 is 13.5 Å². The zero-order chi connectivity index (χ0) is 13.1. The predicted octanol–water partition coefficient (Wildman–Crippen LogP) is -0.0410. The van der Waals surface area contributed by atoms with Crippen LogP contribution in [-0.4, -0.2) is 31.2 Å². The molecular weight excluding hydrogens is 242 g/mol. The van der Waals surface area contributed by atoms with Gasteiger partial charge in [0.2, 0.25) is 10.0 Å². The number of nitrogen functional groups attached to an aromatic ring is 1. The van der Waals surface area contributed by atoms with E-state index in [0.717, 1.165) is 0 Å². The average molecular weight is 259 g/mol. The molecule has 17 heavy (non-hydrogen) atoms. The molecule has 0 bridgehead atoms. The molecule has 1 aromatic rings. The van der Waals surface area contributed by atoms with Crippen LogP contribution in [0, 0.1) is 5.92 Å². The lowest BCUT2D eigenvalue weighted by Crippen LogP contribution is -2.41. The monoisotopic (exact) mass is 259 g/mol. The minimum Gasteiger partial charge on any atom is -0.395 e. The summed E-state index contributed by atoms with van der Waals surface area (Å²) < 4.78 is 26.4. The van der Waals surface area contributed by atoms with E-state index in [-0.39, 0.29) is 23.2 Å². The molecule has 0 fully saturated rings. The number of hydrogen-bond donors (Lipinski definition) is 3. The van der Waals surface area contributed by atoms with Crippen molar-refractivity contribution in [1.82, 2.24) is 9.71 Å². The van der Waals surface area contributed by atoms with Gasteiger partial charge in [-0.15, -0.1) is 0 Å². The summed E-state index contributed by atoms with van der Waals surface area (Å²) in [4.78, 5) is 3.65. The fourth-order valence-corrected chi connectivity index (χ4v) is 2.73. The molecule has 0 radical (unpaired) electrons. The molecule has 0 aliphatic heterocycles. The second kappa shape index (κ2) is 5.44. The van der Waals surface area contributed by atoms with E-state index in [1.807, 2.05) is 13.8 Å². The Labute approximate surface area is 101 Å². The fourth-order valence-electron chi connectivity index (χ4n) is 1.28. The van der Waals surface area contributed by atoms with Gasteiger partial charge in [-0.1, -0.05) is 13.8 Å². The van der Waals surface area contributed by atoms with E-state index in [9.17, 15) is 8.42 Å². The van der Waals surface area contributed by atoms with Gasteiger partial charge in [0, 0.05) is 12.2 Å². The Kier molecular flexibility index (Phi) is 4.44. The number of pyridine rings is 1. The van der Waals surface area contributed by atoms with Crippen LogP contribution in [0.15, 0.2) is 23.2 Å². The van der Waals surface area contributed by atoms with E-state index >= 15 is 0 Å². The molecule has 0 unspecified atom stereocenters. The Morgan fingerprint density at radius 3 is 2.65 bits per heavy atom. The van der Waals surface area contributed by atoms with Crippen molar-refractivity contribution in [3.05, 3.63) is 18.3 Å². The summed E-state index contributed by atoms with van der Waals surface area (Å²) in [6.45, 7) is 3.36. The minimum atomic E-state index is -3.74. The second-order valence-electron chi connectivity index (χ2n) is 4.04. The Morgan fingerprint density at radius 2 is 2.18 bits per heavy atom. The molecule has 0 aromatic carbocycles. The van der Waals surface area contributed by atoms with Gasteiger partial charge in [-0.25, -0.2) is 18.1 Å². The van der Waals surface area contributed by atoms with Crippen LogP contribution in [0.1, 0.15) is 13.8 Å². The highest BCUT2D eigenvalue weighted by atomic mass is 32.2. The van der Waals surface area contributed by atoms with Crippen LogP contribution in [0.25, 0.3) is 0 Å². The second-order valence-corrected chi connectivity index (χ2v) is 5.72. The molecule has 96 valence electrons. The molecular formula is C10H17N3O3S. The summed E-state index contributed by atoms with van der Waals surface area (Å²) in [6.07, 6.45) is 1.42. The van der Waals surface area contributed by atoms with Crippen LogP contribution in [0.5, 0.6) is 0 Å². The first-order chi connectivity index (χ1) is 7.88. The fraction of sp³-hybridized carbons (Fsp3) is 0.500. The molecule has 1 aromatic heterocycles. The summed E-state index contributed by atoms with van der Waals surface area (Å²) in [7, 11) is -3.74. The molecule has 0 saturated carbocycles. The lowest BCUT2D eigenvalue weighted by Gasteiger charge is -2.20. The standard InChI is InChI=1S/C10H17N3O3S/c1-7(2)8(6-14)13-17(15,16)9-4-3-5-12-10(9)11/h3-5,7-8,13-14H,6H2,1-2H3,(H2,11,12)/t8-/m1/s1. The summed E-state index contributed by atoms with van der Waals surface area (Å²) in [5.41, 5.74) is 5.51. The van der Waals surface area contributed by atoms with Crippen LogP contribution in [0.2, 0.25) is 0 Å². The molecule has 1 atom stereocenters. The van der Waals surface area contributed by atoms with Crippen molar-refractivity contribution in [2.45, 2.75) is 24.8 Å². The zero-order valence-corrected chi connectivity index (χ0v) is 10.6. The topological polar surface area (TPSA) is 105 Å². The number of rotatable bonds is 5. The molecule has 0 aliphatic carbocycles. The molecule has 4 N–H and O–H groups in total. The number of nitrogens with one attached hydrogen (secondary N) is 1. The highest BCUT2D eigenvalue weighted by Gasteiger charge is 2.23. The van der Waals surface area contributed by atoms with E-state index in [1.165, 1.54) is 18.3 Å². The maximum Gasteiger partial charge on any atom is 0.244 e. The van der Waals surface area contributed by atoms with Crippen LogP contribution in [0.3, 0.4) is 0 Å². The number of anilines is 1. The van der Waals surface area contributed by atoms with Crippen molar-refractivity contribution >= 4 is 15.8 Å². The number of aromatic nitrogens is 1. The molecule has 6 nitrogen and oxygen atoms in total. The SMILES string of the molecule is CC(C)[C@@H](CO)NS(=O)(=O)c1cccnc1N. The van der Waals surface area contributed by atoms with E-state index < -0.39 is 16.1 Å². The first kappa shape index (κ1) is 13.9. The number of hydrogen-bond acceptors (Lipinski definition) is 5. The van der Waals surface area contributed by atoms with Crippen molar-refractivity contribution in [2.24, 2.45) is 5.92 Å². The van der Waals surface area contributed by atoms with Gasteiger partial charge >= 0.3 is 0 Å². The third-order valence-electron chi connectivity index (χ3n) is 2.40. The Morgan fingerprint density at radius 1 is 1.53 bits per heavy atom. The summed E-state index contributed by atoms with van der Waals surface area (Å²) in [6, 6.07) is 2.33. The average Bonchev–Trinajstić information content (AvgIpc) is 2.26. The van der Waals surface area contributed by atoms with Gasteiger partial charge in [-0.3, -0.25) is 0 Å².